The van der Waals surface area contributed by atoms with Crippen LogP contribution in [0, 0.1) is 0 Å². The van der Waals surface area contributed by atoms with Crippen LogP contribution < -0.4 is 5.32 Å². The van der Waals surface area contributed by atoms with E-state index in [2.05, 4.69) is 62.8 Å². The Morgan fingerprint density at radius 3 is 2.00 bits per heavy atom. The number of rotatable bonds is 7. The van der Waals surface area contributed by atoms with Gasteiger partial charge in [-0.3, -0.25) is 0 Å². The van der Waals surface area contributed by atoms with Gasteiger partial charge >= 0.3 is 0 Å². The Labute approximate surface area is 108 Å². The van der Waals surface area contributed by atoms with Crippen LogP contribution in [0.1, 0.15) is 33.6 Å². The summed E-state index contributed by atoms with van der Waals surface area (Å²) in [6.07, 6.45) is 6.23. The third-order valence-corrected chi connectivity index (χ3v) is 2.39. The number of nitrogens with one attached hydrogen (secondary N) is 1. The van der Waals surface area contributed by atoms with Gasteiger partial charge in [0.15, 0.2) is 0 Å². The van der Waals surface area contributed by atoms with Gasteiger partial charge in [0.25, 0.3) is 0 Å². The largest absolute Gasteiger partial charge is 0.394 e. The van der Waals surface area contributed by atoms with Crippen molar-refractivity contribution in [2.45, 2.75) is 33.6 Å². The summed E-state index contributed by atoms with van der Waals surface area (Å²) in [5, 5.41) is 2.69. The van der Waals surface area contributed by atoms with E-state index in [1.54, 1.807) is 6.20 Å². The van der Waals surface area contributed by atoms with E-state index in [1.807, 2.05) is 7.05 Å². The predicted molar refractivity (Wildman–Crippen MR) is 78.9 cm³/mol. The lowest BCUT2D eigenvalue weighted by Gasteiger charge is -2.23. The smallest absolute Gasteiger partial charge is 0.0286 e. The molecule has 0 aliphatic heterocycles. The number of hydrogen-bond acceptors (Lipinski definition) is 3. The molecule has 0 saturated carbocycles. The maximum Gasteiger partial charge on any atom is 0.0286 e. The first-order valence-corrected chi connectivity index (χ1v) is 6.47. The highest BCUT2D eigenvalue weighted by Gasteiger charge is 1.99. The van der Waals surface area contributed by atoms with Crippen molar-refractivity contribution in [2.24, 2.45) is 0 Å². The Balaban J connectivity index is 0. The summed E-state index contributed by atoms with van der Waals surface area (Å²) in [5.74, 6) is 0. The SMILES string of the molecule is C=CNC.CCCN(/C=C(/CC)N(C)C)CC. The van der Waals surface area contributed by atoms with E-state index in [0.29, 0.717) is 0 Å². The molecule has 0 aromatic rings. The second-order valence-electron chi connectivity index (χ2n) is 3.99. The lowest BCUT2D eigenvalue weighted by Crippen LogP contribution is -2.21. The molecule has 0 spiro atoms. The summed E-state index contributed by atoms with van der Waals surface area (Å²) >= 11 is 0. The number of hydrogen-bond donors (Lipinski definition) is 1. The van der Waals surface area contributed by atoms with Crippen molar-refractivity contribution in [1.29, 1.82) is 0 Å². The molecule has 0 unspecified atom stereocenters. The minimum Gasteiger partial charge on any atom is -0.394 e. The first kappa shape index (κ1) is 18.3. The fraction of sp³-hybridized carbons (Fsp3) is 0.714. The summed E-state index contributed by atoms with van der Waals surface area (Å²) in [5.41, 5.74) is 1.40. The molecule has 0 atom stereocenters. The minimum absolute atomic E-state index is 1.10. The third kappa shape index (κ3) is 11.1. The first-order chi connectivity index (χ1) is 8.06. The molecule has 0 amide bonds. The summed E-state index contributed by atoms with van der Waals surface area (Å²) < 4.78 is 0. The van der Waals surface area contributed by atoms with E-state index in [1.165, 1.54) is 12.1 Å². The van der Waals surface area contributed by atoms with E-state index < -0.39 is 0 Å². The molecule has 17 heavy (non-hydrogen) atoms. The molecule has 1 N–H and O–H groups in total. The first-order valence-electron chi connectivity index (χ1n) is 6.47. The zero-order chi connectivity index (χ0) is 13.7. The zero-order valence-electron chi connectivity index (χ0n) is 12.6. The summed E-state index contributed by atoms with van der Waals surface area (Å²) in [6.45, 7) is 12.3. The molecule has 0 heterocycles. The highest BCUT2D eigenvalue weighted by atomic mass is 15.1. The van der Waals surface area contributed by atoms with E-state index in [-0.39, 0.29) is 0 Å². The van der Waals surface area contributed by atoms with Crippen molar-refractivity contribution in [2.75, 3.05) is 34.2 Å². The Kier molecular flexibility index (Phi) is 13.9. The monoisotopic (exact) mass is 241 g/mol. The standard InChI is InChI=1S/C11H24N2.C3H7N/c1-6-9-13(8-3)10-11(7-2)12(4)5;1-3-4-2/h10H,6-9H2,1-5H3;3-4H,1H2,2H3/b11-10-;. The highest BCUT2D eigenvalue weighted by molar-refractivity contribution is 4.97. The van der Waals surface area contributed by atoms with Crippen LogP contribution in [-0.4, -0.2) is 44.0 Å². The predicted octanol–water partition coefficient (Wildman–Crippen LogP) is 2.88. The molecule has 0 rings (SSSR count). The van der Waals surface area contributed by atoms with Crippen LogP contribution in [0.5, 0.6) is 0 Å². The van der Waals surface area contributed by atoms with E-state index in [9.17, 15) is 0 Å². The quantitative estimate of drug-likeness (QED) is 0.739. The fourth-order valence-corrected chi connectivity index (χ4v) is 1.33. The zero-order valence-corrected chi connectivity index (χ0v) is 12.6. The molecule has 102 valence electrons. The van der Waals surface area contributed by atoms with Gasteiger partial charge in [-0.05, 0) is 26.0 Å². The number of nitrogens with zero attached hydrogens (tertiary/aromatic N) is 2. The van der Waals surface area contributed by atoms with Crippen molar-refractivity contribution >= 4 is 0 Å². The van der Waals surface area contributed by atoms with Gasteiger partial charge in [0.1, 0.15) is 0 Å². The van der Waals surface area contributed by atoms with Gasteiger partial charge in [-0.1, -0.05) is 20.4 Å². The second-order valence-corrected chi connectivity index (χ2v) is 3.99. The van der Waals surface area contributed by atoms with Crippen molar-refractivity contribution < 1.29 is 0 Å². The summed E-state index contributed by atoms with van der Waals surface area (Å²) in [7, 11) is 6.03. The average Bonchev–Trinajstić information content (AvgIpc) is 2.34. The van der Waals surface area contributed by atoms with Crippen LogP contribution in [0.4, 0.5) is 0 Å². The molecule has 0 aromatic carbocycles. The van der Waals surface area contributed by atoms with Gasteiger partial charge in [-0.15, -0.1) is 0 Å². The van der Waals surface area contributed by atoms with Gasteiger partial charge in [0.05, 0.1) is 0 Å². The molecule has 3 heteroatoms. The van der Waals surface area contributed by atoms with E-state index in [4.69, 9.17) is 0 Å². The lowest BCUT2D eigenvalue weighted by molar-refractivity contribution is 0.373. The maximum atomic E-state index is 3.37. The summed E-state index contributed by atoms with van der Waals surface area (Å²) in [4.78, 5) is 4.57. The maximum absolute atomic E-state index is 3.37. The molecule has 0 radical (unpaired) electrons. The van der Waals surface area contributed by atoms with Crippen molar-refractivity contribution in [3.63, 3.8) is 0 Å². The summed E-state index contributed by atoms with van der Waals surface area (Å²) in [6, 6.07) is 0. The van der Waals surface area contributed by atoms with Gasteiger partial charge < -0.3 is 15.1 Å². The topological polar surface area (TPSA) is 18.5 Å². The number of allylic oxidation sites excluding steroid dienone is 1. The van der Waals surface area contributed by atoms with Gasteiger partial charge in [-0.25, -0.2) is 0 Å². The van der Waals surface area contributed by atoms with Crippen LogP contribution in [0.25, 0.3) is 0 Å². The Morgan fingerprint density at radius 2 is 1.76 bits per heavy atom. The molecule has 0 saturated heterocycles. The molecular formula is C14H31N3. The van der Waals surface area contributed by atoms with Crippen LogP contribution in [-0.2, 0) is 0 Å². The third-order valence-electron chi connectivity index (χ3n) is 2.39. The van der Waals surface area contributed by atoms with Gasteiger partial charge in [-0.2, -0.15) is 0 Å². The van der Waals surface area contributed by atoms with Crippen LogP contribution in [0.3, 0.4) is 0 Å². The van der Waals surface area contributed by atoms with Crippen LogP contribution in [0.15, 0.2) is 24.7 Å². The van der Waals surface area contributed by atoms with Gasteiger partial charge in [0, 0.05) is 46.1 Å². The van der Waals surface area contributed by atoms with Gasteiger partial charge in [0.2, 0.25) is 0 Å². The Hall–Kier alpha value is -1.12. The molecule has 0 aliphatic rings. The average molecular weight is 241 g/mol. The molecule has 0 aliphatic carbocycles. The molecule has 0 bridgehead atoms. The molecule has 0 fully saturated rings. The van der Waals surface area contributed by atoms with E-state index >= 15 is 0 Å². The van der Waals surface area contributed by atoms with Crippen molar-refractivity contribution in [1.82, 2.24) is 15.1 Å². The Bertz CT molecular complexity index is 198. The van der Waals surface area contributed by atoms with Crippen LogP contribution in [0.2, 0.25) is 0 Å². The van der Waals surface area contributed by atoms with Crippen LogP contribution >= 0.6 is 0 Å². The highest BCUT2D eigenvalue weighted by Crippen LogP contribution is 2.06. The van der Waals surface area contributed by atoms with E-state index in [0.717, 1.165) is 19.5 Å². The van der Waals surface area contributed by atoms with Crippen molar-refractivity contribution in [3.8, 4) is 0 Å². The lowest BCUT2D eigenvalue weighted by atomic mass is 10.3. The second kappa shape index (κ2) is 12.9. The molecule has 3 nitrogen and oxygen atoms in total. The molecule has 0 aromatic heterocycles. The normalized spacial score (nSPS) is 10.1. The van der Waals surface area contributed by atoms with Crippen molar-refractivity contribution in [3.05, 3.63) is 24.7 Å². The molecular weight excluding hydrogens is 210 g/mol. The Morgan fingerprint density at radius 1 is 1.24 bits per heavy atom. The minimum atomic E-state index is 1.10. The fourth-order valence-electron chi connectivity index (χ4n) is 1.33.